The van der Waals surface area contributed by atoms with E-state index in [1.54, 1.807) is 35.2 Å². The van der Waals surface area contributed by atoms with Crippen LogP contribution in [-0.4, -0.2) is 51.6 Å². The number of carbonyl (C=O) groups is 1. The Morgan fingerprint density at radius 3 is 2.57 bits per heavy atom. The van der Waals surface area contributed by atoms with Gasteiger partial charge in [-0.1, -0.05) is 23.9 Å². The molecule has 0 radical (unpaired) electrons. The Balaban J connectivity index is 1.57. The lowest BCUT2D eigenvalue weighted by Crippen LogP contribution is -2.40. The number of non-ortho nitro benzene ring substituents is 1. The third kappa shape index (κ3) is 5.23. The summed E-state index contributed by atoms with van der Waals surface area (Å²) >= 11 is 1.21. The van der Waals surface area contributed by atoms with E-state index in [1.807, 2.05) is 0 Å². The Labute approximate surface area is 214 Å². The van der Waals surface area contributed by atoms with E-state index >= 15 is 0 Å². The first-order valence-corrected chi connectivity index (χ1v) is 12.5. The third-order valence-corrected chi connectivity index (χ3v) is 6.97. The summed E-state index contributed by atoms with van der Waals surface area (Å²) in [5.74, 6) is -0.309. The molecule has 0 spiro atoms. The van der Waals surface area contributed by atoms with Crippen LogP contribution in [0.2, 0.25) is 0 Å². The molecule has 37 heavy (non-hydrogen) atoms. The number of aromatic nitrogens is 2. The topological polar surface area (TPSA) is 108 Å². The second-order valence-corrected chi connectivity index (χ2v) is 9.31. The van der Waals surface area contributed by atoms with E-state index in [-0.39, 0.29) is 17.2 Å². The third-order valence-electron chi connectivity index (χ3n) is 5.96. The second kappa shape index (κ2) is 10.5. The lowest BCUT2D eigenvalue weighted by molar-refractivity contribution is -0.384. The molecule has 1 aromatic heterocycles. The molecule has 1 fully saturated rings. The molecule has 0 N–H and O–H groups in total. The van der Waals surface area contributed by atoms with Gasteiger partial charge in [-0.15, -0.1) is 0 Å². The van der Waals surface area contributed by atoms with E-state index in [9.17, 15) is 24.1 Å². The highest BCUT2D eigenvalue weighted by atomic mass is 32.2. The molecule has 0 atom stereocenters. The second-order valence-electron chi connectivity index (χ2n) is 8.36. The molecule has 1 aliphatic rings. The molecule has 1 amide bonds. The summed E-state index contributed by atoms with van der Waals surface area (Å²) in [6, 6.07) is 16.5. The maximum atomic E-state index is 13.6. The van der Waals surface area contributed by atoms with Crippen molar-refractivity contribution in [1.82, 2.24) is 14.5 Å². The summed E-state index contributed by atoms with van der Waals surface area (Å²) in [6.07, 6.45) is 0. The van der Waals surface area contributed by atoms with E-state index in [1.165, 1.54) is 52.7 Å². The van der Waals surface area contributed by atoms with E-state index in [0.29, 0.717) is 64.9 Å². The Morgan fingerprint density at radius 2 is 1.84 bits per heavy atom. The molecule has 1 aliphatic heterocycles. The van der Waals surface area contributed by atoms with Crippen LogP contribution in [-0.2, 0) is 10.5 Å². The number of nitrogens with zero attached hydrogens (tertiary/aromatic N) is 4. The Morgan fingerprint density at radius 1 is 1.08 bits per heavy atom. The van der Waals surface area contributed by atoms with Crippen LogP contribution in [0.25, 0.3) is 16.6 Å². The lowest BCUT2D eigenvalue weighted by atomic mass is 10.1. The van der Waals surface area contributed by atoms with Gasteiger partial charge in [0.25, 0.3) is 17.2 Å². The summed E-state index contributed by atoms with van der Waals surface area (Å²) in [4.78, 5) is 43.7. The van der Waals surface area contributed by atoms with Crippen LogP contribution in [0.15, 0.2) is 76.7 Å². The molecule has 0 saturated carbocycles. The van der Waals surface area contributed by atoms with Gasteiger partial charge >= 0.3 is 0 Å². The van der Waals surface area contributed by atoms with Gasteiger partial charge in [0.05, 0.1) is 34.7 Å². The fourth-order valence-corrected chi connectivity index (χ4v) is 5.03. The summed E-state index contributed by atoms with van der Waals surface area (Å²) in [5.41, 5.74) is 1.46. The number of carbonyl (C=O) groups excluding carboxylic acids is 1. The zero-order valence-corrected chi connectivity index (χ0v) is 20.3. The average molecular weight is 521 g/mol. The number of halogens is 1. The molecule has 11 heteroatoms. The van der Waals surface area contributed by atoms with Crippen molar-refractivity contribution in [2.75, 3.05) is 26.3 Å². The van der Waals surface area contributed by atoms with Crippen molar-refractivity contribution >= 4 is 34.3 Å². The van der Waals surface area contributed by atoms with Crippen molar-refractivity contribution in [2.45, 2.75) is 10.9 Å². The fourth-order valence-electron chi connectivity index (χ4n) is 4.07. The molecular formula is C26H21FN4O5S. The highest BCUT2D eigenvalue weighted by Crippen LogP contribution is 2.27. The molecule has 0 unspecified atom stereocenters. The van der Waals surface area contributed by atoms with Crippen molar-refractivity contribution < 1.29 is 18.8 Å². The predicted octanol–water partition coefficient (Wildman–Crippen LogP) is 4.20. The van der Waals surface area contributed by atoms with Crippen LogP contribution >= 0.6 is 11.8 Å². The van der Waals surface area contributed by atoms with Gasteiger partial charge in [-0.25, -0.2) is 9.37 Å². The number of hydrogen-bond donors (Lipinski definition) is 0. The molecule has 3 aromatic carbocycles. The average Bonchev–Trinajstić information content (AvgIpc) is 2.92. The molecule has 0 aliphatic carbocycles. The van der Waals surface area contributed by atoms with E-state index in [2.05, 4.69) is 0 Å². The molecule has 5 rings (SSSR count). The van der Waals surface area contributed by atoms with Crippen molar-refractivity contribution in [3.05, 3.63) is 104 Å². The number of nitro benzene ring substituents is 1. The quantitative estimate of drug-likeness (QED) is 0.162. The maximum absolute atomic E-state index is 13.6. The molecule has 4 aromatic rings. The van der Waals surface area contributed by atoms with Crippen LogP contribution in [0.5, 0.6) is 0 Å². The first-order chi connectivity index (χ1) is 17.9. The predicted molar refractivity (Wildman–Crippen MR) is 137 cm³/mol. The summed E-state index contributed by atoms with van der Waals surface area (Å²) in [6.45, 7) is 1.92. The Hall–Kier alpha value is -4.09. The van der Waals surface area contributed by atoms with E-state index in [0.717, 1.165) is 0 Å². The van der Waals surface area contributed by atoms with Gasteiger partial charge in [0, 0.05) is 36.5 Å². The van der Waals surface area contributed by atoms with Crippen LogP contribution < -0.4 is 5.56 Å². The van der Waals surface area contributed by atoms with E-state index in [4.69, 9.17) is 9.72 Å². The summed E-state index contributed by atoms with van der Waals surface area (Å²) in [7, 11) is 0. The highest BCUT2D eigenvalue weighted by Gasteiger charge is 2.21. The minimum Gasteiger partial charge on any atom is -0.378 e. The van der Waals surface area contributed by atoms with Gasteiger partial charge in [-0.2, -0.15) is 0 Å². The largest absolute Gasteiger partial charge is 0.378 e. The summed E-state index contributed by atoms with van der Waals surface area (Å²) in [5, 5.41) is 11.8. The van der Waals surface area contributed by atoms with Crippen molar-refractivity contribution in [3.63, 3.8) is 0 Å². The van der Waals surface area contributed by atoms with Gasteiger partial charge < -0.3 is 9.64 Å². The number of ether oxygens (including phenoxy) is 1. The minimum atomic E-state index is -0.468. The molecule has 2 heterocycles. The van der Waals surface area contributed by atoms with Crippen molar-refractivity contribution in [2.24, 2.45) is 0 Å². The molecular weight excluding hydrogens is 499 g/mol. The lowest BCUT2D eigenvalue weighted by Gasteiger charge is -2.26. The van der Waals surface area contributed by atoms with Gasteiger partial charge in [0.1, 0.15) is 5.82 Å². The number of amides is 1. The zero-order valence-electron chi connectivity index (χ0n) is 19.5. The molecule has 188 valence electrons. The Bertz CT molecular complexity index is 1550. The minimum absolute atomic E-state index is 0.0354. The van der Waals surface area contributed by atoms with Gasteiger partial charge in [-0.3, -0.25) is 24.3 Å². The van der Waals surface area contributed by atoms with Crippen LogP contribution in [0.4, 0.5) is 10.1 Å². The van der Waals surface area contributed by atoms with Gasteiger partial charge in [-0.05, 0) is 48.0 Å². The number of hydrogen-bond acceptors (Lipinski definition) is 7. The number of rotatable bonds is 6. The fraction of sp³-hybridized carbons (Fsp3) is 0.192. The smallest absolute Gasteiger partial charge is 0.269 e. The molecule has 1 saturated heterocycles. The number of morpholine rings is 1. The van der Waals surface area contributed by atoms with Gasteiger partial charge in [0.2, 0.25) is 0 Å². The van der Waals surface area contributed by atoms with Crippen molar-refractivity contribution in [3.8, 4) is 5.69 Å². The first-order valence-electron chi connectivity index (χ1n) is 11.5. The maximum Gasteiger partial charge on any atom is 0.269 e. The van der Waals surface area contributed by atoms with Crippen LogP contribution in [0, 0.1) is 15.9 Å². The monoisotopic (exact) mass is 520 g/mol. The molecule has 0 bridgehead atoms. The summed E-state index contributed by atoms with van der Waals surface area (Å²) < 4.78 is 20.3. The van der Waals surface area contributed by atoms with Crippen LogP contribution in [0.1, 0.15) is 15.9 Å². The number of thioether (sulfide) groups is 1. The SMILES string of the molecule is O=C(c1ccc2c(=O)n(-c3ccc(F)cc3)c(SCc3cccc([N+](=O)[O-])c3)nc2c1)N1CCOCC1. The number of fused-ring (bicyclic) bond motifs is 1. The highest BCUT2D eigenvalue weighted by molar-refractivity contribution is 7.98. The number of nitro groups is 1. The first kappa shape index (κ1) is 24.6. The molecule has 9 nitrogen and oxygen atoms in total. The van der Waals surface area contributed by atoms with Gasteiger partial charge in [0.15, 0.2) is 5.16 Å². The zero-order chi connectivity index (χ0) is 25.9. The normalized spacial score (nSPS) is 13.6. The van der Waals surface area contributed by atoms with E-state index < -0.39 is 10.7 Å². The number of benzene rings is 3. The van der Waals surface area contributed by atoms with Crippen molar-refractivity contribution in [1.29, 1.82) is 0 Å². The van der Waals surface area contributed by atoms with Crippen LogP contribution in [0.3, 0.4) is 0 Å². The Kier molecular flexibility index (Phi) is 6.97. The standard InChI is InChI=1S/C26H21FN4O5S/c27-19-5-7-20(8-6-19)30-25(33)22-9-4-18(24(32)29-10-12-36-13-11-29)15-23(22)28-26(30)37-16-17-2-1-3-21(14-17)31(34)35/h1-9,14-15H,10-13,16H2.